The summed E-state index contributed by atoms with van der Waals surface area (Å²) in [5.41, 5.74) is 0.830. The number of anilines is 1. The molecule has 15 heavy (non-hydrogen) atoms. The van der Waals surface area contributed by atoms with E-state index in [9.17, 15) is 8.42 Å². The van der Waals surface area contributed by atoms with Gasteiger partial charge in [-0.3, -0.25) is 0 Å². The van der Waals surface area contributed by atoms with Gasteiger partial charge in [0.15, 0.2) is 0 Å². The molecule has 1 unspecified atom stereocenters. The minimum absolute atomic E-state index is 0.0859. The largest absolute Gasteiger partial charge is 0.365 e. The van der Waals surface area contributed by atoms with Crippen LogP contribution in [0.2, 0.25) is 0 Å². The third-order valence-electron chi connectivity index (χ3n) is 1.74. The Morgan fingerprint density at radius 3 is 2.53 bits per heavy atom. The molecule has 1 heterocycles. The summed E-state index contributed by atoms with van der Waals surface area (Å²) < 4.78 is 22.0. The molecular formula is C9H15N3O2S. The predicted octanol–water partition coefficient (Wildman–Crippen LogP) is 0.630. The summed E-state index contributed by atoms with van der Waals surface area (Å²) in [6, 6.07) is 3.43. The summed E-state index contributed by atoms with van der Waals surface area (Å²) in [6.45, 7) is 3.64. The van der Waals surface area contributed by atoms with Gasteiger partial charge in [-0.05, 0) is 26.0 Å². The molecule has 0 aliphatic heterocycles. The van der Waals surface area contributed by atoms with E-state index < -0.39 is 9.84 Å². The highest BCUT2D eigenvalue weighted by Crippen LogP contribution is 2.04. The van der Waals surface area contributed by atoms with E-state index >= 15 is 0 Å². The quantitative estimate of drug-likeness (QED) is 0.820. The minimum Gasteiger partial charge on any atom is -0.365 e. The second kappa shape index (κ2) is 4.57. The maximum absolute atomic E-state index is 11.0. The number of aromatic nitrogens is 2. The fraction of sp³-hybridized carbons (Fsp3) is 0.556. The van der Waals surface area contributed by atoms with Gasteiger partial charge in [0, 0.05) is 12.3 Å². The number of nitrogens with zero attached hydrogens (tertiary/aromatic N) is 2. The van der Waals surface area contributed by atoms with Crippen LogP contribution < -0.4 is 5.32 Å². The molecule has 1 aromatic rings. The molecule has 1 rings (SSSR count). The standard InChI is InChI=1S/C9H15N3O2S/c1-7-4-5-9(12-11-7)10-8(2)6-15(3,13)14/h4-5,8H,6H2,1-3H3,(H,10,12). The van der Waals surface area contributed by atoms with Gasteiger partial charge in [0.1, 0.15) is 15.7 Å². The first-order valence-electron chi connectivity index (χ1n) is 4.61. The van der Waals surface area contributed by atoms with E-state index in [1.807, 2.05) is 13.0 Å². The van der Waals surface area contributed by atoms with Crippen molar-refractivity contribution < 1.29 is 8.42 Å². The number of hydrogen-bond donors (Lipinski definition) is 1. The van der Waals surface area contributed by atoms with Crippen molar-refractivity contribution in [3.8, 4) is 0 Å². The number of hydrogen-bond acceptors (Lipinski definition) is 5. The van der Waals surface area contributed by atoms with Crippen molar-refractivity contribution in [2.75, 3.05) is 17.3 Å². The van der Waals surface area contributed by atoms with E-state index in [1.165, 1.54) is 6.26 Å². The average Bonchev–Trinajstić information content (AvgIpc) is 2.05. The van der Waals surface area contributed by atoms with Crippen LogP contribution in [-0.2, 0) is 9.84 Å². The molecule has 0 fully saturated rings. The van der Waals surface area contributed by atoms with Crippen molar-refractivity contribution in [3.63, 3.8) is 0 Å². The Hall–Kier alpha value is -1.17. The molecule has 0 saturated heterocycles. The van der Waals surface area contributed by atoms with Crippen molar-refractivity contribution in [3.05, 3.63) is 17.8 Å². The monoisotopic (exact) mass is 229 g/mol. The second-order valence-electron chi connectivity index (χ2n) is 3.70. The van der Waals surface area contributed by atoms with Gasteiger partial charge in [-0.2, -0.15) is 5.10 Å². The molecule has 0 aliphatic carbocycles. The third kappa shape index (κ3) is 4.73. The third-order valence-corrected chi connectivity index (χ3v) is 2.85. The van der Waals surface area contributed by atoms with Gasteiger partial charge in [-0.25, -0.2) is 8.42 Å². The maximum atomic E-state index is 11.0. The minimum atomic E-state index is -2.96. The normalized spacial score (nSPS) is 13.5. The van der Waals surface area contributed by atoms with Gasteiger partial charge in [0.05, 0.1) is 11.4 Å². The fourth-order valence-electron chi connectivity index (χ4n) is 1.22. The van der Waals surface area contributed by atoms with Gasteiger partial charge in [0.25, 0.3) is 0 Å². The molecule has 0 aliphatic rings. The summed E-state index contributed by atoms with van der Waals surface area (Å²) in [6.07, 6.45) is 1.21. The number of sulfone groups is 1. The topological polar surface area (TPSA) is 72.0 Å². The molecule has 0 bridgehead atoms. The van der Waals surface area contributed by atoms with Crippen LogP contribution in [0.5, 0.6) is 0 Å². The van der Waals surface area contributed by atoms with E-state index in [-0.39, 0.29) is 11.8 Å². The first-order valence-corrected chi connectivity index (χ1v) is 6.67. The molecule has 84 valence electrons. The van der Waals surface area contributed by atoms with Gasteiger partial charge in [-0.15, -0.1) is 5.10 Å². The fourth-order valence-corrected chi connectivity index (χ4v) is 2.22. The lowest BCUT2D eigenvalue weighted by Gasteiger charge is -2.12. The second-order valence-corrected chi connectivity index (χ2v) is 5.88. The lowest BCUT2D eigenvalue weighted by atomic mass is 10.3. The summed E-state index contributed by atoms with van der Waals surface area (Å²) in [5, 5.41) is 10.7. The van der Waals surface area contributed by atoms with Crippen molar-refractivity contribution in [1.82, 2.24) is 10.2 Å². The van der Waals surface area contributed by atoms with Crippen LogP contribution in [0.25, 0.3) is 0 Å². The van der Waals surface area contributed by atoms with Crippen LogP contribution in [0, 0.1) is 6.92 Å². The molecule has 0 spiro atoms. The van der Waals surface area contributed by atoms with Crippen molar-refractivity contribution >= 4 is 15.7 Å². The first-order chi connectivity index (χ1) is 6.87. The van der Waals surface area contributed by atoms with E-state index in [1.54, 1.807) is 13.0 Å². The van der Waals surface area contributed by atoms with Gasteiger partial charge >= 0.3 is 0 Å². The molecule has 0 aromatic carbocycles. The Balaban J connectivity index is 2.59. The van der Waals surface area contributed by atoms with Crippen LogP contribution in [0.1, 0.15) is 12.6 Å². The van der Waals surface area contributed by atoms with E-state index in [0.717, 1.165) is 5.69 Å². The highest BCUT2D eigenvalue weighted by Gasteiger charge is 2.10. The molecule has 1 N–H and O–H groups in total. The summed E-state index contributed by atoms with van der Waals surface area (Å²) in [4.78, 5) is 0. The SMILES string of the molecule is Cc1ccc(NC(C)CS(C)(=O)=O)nn1. The highest BCUT2D eigenvalue weighted by molar-refractivity contribution is 7.90. The zero-order valence-corrected chi connectivity index (χ0v) is 9.87. The van der Waals surface area contributed by atoms with Crippen LogP contribution in [0.3, 0.4) is 0 Å². The predicted molar refractivity (Wildman–Crippen MR) is 59.6 cm³/mol. The van der Waals surface area contributed by atoms with Crippen molar-refractivity contribution in [1.29, 1.82) is 0 Å². The average molecular weight is 229 g/mol. The smallest absolute Gasteiger partial charge is 0.149 e. The summed E-state index contributed by atoms with van der Waals surface area (Å²) in [7, 11) is -2.96. The Morgan fingerprint density at radius 1 is 1.40 bits per heavy atom. The number of aryl methyl sites for hydroxylation is 1. The molecule has 1 aromatic heterocycles. The van der Waals surface area contributed by atoms with E-state index in [2.05, 4.69) is 15.5 Å². The number of nitrogens with one attached hydrogen (secondary N) is 1. The molecule has 0 saturated carbocycles. The Morgan fingerprint density at radius 2 is 2.07 bits per heavy atom. The Kier molecular flexibility index (Phi) is 3.62. The van der Waals surface area contributed by atoms with Gasteiger partial charge in [0.2, 0.25) is 0 Å². The lowest BCUT2D eigenvalue weighted by molar-refractivity contribution is 0.598. The van der Waals surface area contributed by atoms with Crippen LogP contribution in [-0.4, -0.2) is 36.7 Å². The van der Waals surface area contributed by atoms with Crippen LogP contribution >= 0.6 is 0 Å². The lowest BCUT2D eigenvalue weighted by Crippen LogP contribution is -2.25. The van der Waals surface area contributed by atoms with Crippen LogP contribution in [0.4, 0.5) is 5.82 Å². The number of rotatable bonds is 4. The van der Waals surface area contributed by atoms with Crippen molar-refractivity contribution in [2.45, 2.75) is 19.9 Å². The molecule has 1 atom stereocenters. The highest BCUT2D eigenvalue weighted by atomic mass is 32.2. The molecule has 5 nitrogen and oxygen atoms in total. The zero-order valence-electron chi connectivity index (χ0n) is 9.06. The van der Waals surface area contributed by atoms with E-state index in [4.69, 9.17) is 0 Å². The zero-order chi connectivity index (χ0) is 11.5. The molecule has 0 amide bonds. The van der Waals surface area contributed by atoms with Crippen molar-refractivity contribution in [2.24, 2.45) is 0 Å². The Labute approximate surface area is 89.8 Å². The molecular weight excluding hydrogens is 214 g/mol. The van der Waals surface area contributed by atoms with E-state index in [0.29, 0.717) is 5.82 Å². The molecule has 6 heteroatoms. The molecule has 0 radical (unpaired) electrons. The first kappa shape index (κ1) is 11.9. The summed E-state index contributed by atoms with van der Waals surface area (Å²) in [5.74, 6) is 0.680. The van der Waals surface area contributed by atoms with Gasteiger partial charge in [-0.1, -0.05) is 0 Å². The maximum Gasteiger partial charge on any atom is 0.149 e. The summed E-state index contributed by atoms with van der Waals surface area (Å²) >= 11 is 0. The van der Waals surface area contributed by atoms with Gasteiger partial charge < -0.3 is 5.32 Å². The van der Waals surface area contributed by atoms with Crippen LogP contribution in [0.15, 0.2) is 12.1 Å². The Bertz CT molecular complexity index is 413.